The van der Waals surface area contributed by atoms with Crippen LogP contribution in [0.1, 0.15) is 0 Å². The highest BCUT2D eigenvalue weighted by Crippen LogP contribution is 2.23. The third kappa shape index (κ3) is 3.04. The Morgan fingerprint density at radius 1 is 1.31 bits per heavy atom. The van der Waals surface area contributed by atoms with E-state index in [0.717, 1.165) is 23.9 Å². The molecular weight excluding hydrogens is 378 g/mol. The molecule has 16 heavy (non-hydrogen) atoms. The van der Waals surface area contributed by atoms with Gasteiger partial charge in [-0.2, -0.15) is 0 Å². The van der Waals surface area contributed by atoms with Crippen LogP contribution in [-0.2, 0) is 0 Å². The molecule has 0 aliphatic carbocycles. The van der Waals surface area contributed by atoms with Crippen LogP contribution in [0, 0.1) is 0 Å². The highest BCUT2D eigenvalue weighted by Gasteiger charge is 2.24. The maximum Gasteiger partial charge on any atom is 0.262 e. The van der Waals surface area contributed by atoms with E-state index in [4.69, 9.17) is 23.2 Å². The first-order valence-electron chi connectivity index (χ1n) is 4.62. The molecule has 1 aliphatic heterocycles. The highest BCUT2D eigenvalue weighted by atomic mass is 127. The van der Waals surface area contributed by atoms with E-state index in [9.17, 15) is 0 Å². The molecule has 1 heterocycles. The minimum atomic E-state index is 0. The Bertz CT molecular complexity index is 412. The predicted molar refractivity (Wildman–Crippen MR) is 67.8 cm³/mol. The number of thioether (sulfide) groups is 1. The van der Waals surface area contributed by atoms with E-state index < -0.39 is 0 Å². The lowest BCUT2D eigenvalue weighted by atomic mass is 10.3. The van der Waals surface area contributed by atoms with E-state index in [1.54, 1.807) is 11.8 Å². The Balaban J connectivity index is 0.00000128. The van der Waals surface area contributed by atoms with Gasteiger partial charge in [0.05, 0.1) is 16.6 Å². The lowest BCUT2D eigenvalue weighted by molar-refractivity contribution is -0.718. The highest BCUT2D eigenvalue weighted by molar-refractivity contribution is 8.12. The molecule has 0 spiro atoms. The van der Waals surface area contributed by atoms with Gasteiger partial charge in [-0.15, -0.1) is 0 Å². The summed E-state index contributed by atoms with van der Waals surface area (Å²) in [6.45, 7) is 1.87. The van der Waals surface area contributed by atoms with E-state index in [1.165, 1.54) is 4.90 Å². The Hall–Kier alpha value is 0.510. The average Bonchev–Trinajstić information content (AvgIpc) is 2.70. The fourth-order valence-electron chi connectivity index (χ4n) is 1.61. The largest absolute Gasteiger partial charge is 1.00 e. The summed E-state index contributed by atoms with van der Waals surface area (Å²) in [6.07, 6.45) is 2.04. The van der Waals surface area contributed by atoms with Crippen molar-refractivity contribution in [2.24, 2.45) is 4.99 Å². The van der Waals surface area contributed by atoms with Crippen molar-refractivity contribution < 1.29 is 28.9 Å². The topological polar surface area (TPSA) is 16.8 Å². The van der Waals surface area contributed by atoms with Crippen LogP contribution in [0.2, 0.25) is 10.0 Å². The van der Waals surface area contributed by atoms with Crippen molar-refractivity contribution in [2.45, 2.75) is 0 Å². The SMILES string of the molecule is CSC1=NCC[NH+]1c1ccc(Cl)c(Cl)c1.[I-]. The first-order valence-corrected chi connectivity index (χ1v) is 6.60. The van der Waals surface area contributed by atoms with Crippen LogP contribution in [-0.4, -0.2) is 24.5 Å². The number of amidine groups is 1. The Kier molecular flexibility index (Phi) is 5.87. The number of nitrogens with zero attached hydrogens (tertiary/aromatic N) is 1. The molecule has 0 bridgehead atoms. The van der Waals surface area contributed by atoms with Gasteiger partial charge in [0.2, 0.25) is 0 Å². The van der Waals surface area contributed by atoms with Gasteiger partial charge in [0, 0.05) is 12.1 Å². The molecule has 0 fully saturated rings. The number of rotatable bonds is 1. The van der Waals surface area contributed by atoms with Crippen LogP contribution in [0.15, 0.2) is 23.2 Å². The summed E-state index contributed by atoms with van der Waals surface area (Å²) in [4.78, 5) is 5.71. The Labute approximate surface area is 126 Å². The molecule has 2 nitrogen and oxygen atoms in total. The molecule has 1 N–H and O–H groups in total. The maximum absolute atomic E-state index is 5.99. The molecule has 1 aromatic rings. The number of halogens is 3. The minimum absolute atomic E-state index is 0. The maximum atomic E-state index is 5.99. The number of quaternary nitrogens is 1. The summed E-state index contributed by atoms with van der Waals surface area (Å²) >= 11 is 13.6. The third-order valence-corrected chi connectivity index (χ3v) is 3.84. The molecule has 0 saturated carbocycles. The van der Waals surface area contributed by atoms with Gasteiger partial charge < -0.3 is 24.0 Å². The summed E-state index contributed by atoms with van der Waals surface area (Å²) in [6, 6.07) is 5.75. The minimum Gasteiger partial charge on any atom is -1.00 e. The first-order chi connectivity index (χ1) is 7.22. The van der Waals surface area contributed by atoms with Crippen molar-refractivity contribution in [1.29, 1.82) is 0 Å². The molecule has 88 valence electrons. The molecule has 1 unspecified atom stereocenters. The standard InChI is InChI=1S/C10H10Cl2N2S.HI/c1-15-10-13-4-5-14(10)7-2-3-8(11)9(12)6-7;/h2-3,6H,4-5H2,1H3;1H. The number of benzene rings is 1. The van der Waals surface area contributed by atoms with Crippen molar-refractivity contribution in [2.75, 3.05) is 19.3 Å². The quantitative estimate of drug-likeness (QED) is 0.626. The first kappa shape index (κ1) is 14.6. The van der Waals surface area contributed by atoms with Gasteiger partial charge in [-0.25, -0.2) is 9.89 Å². The molecule has 0 aromatic heterocycles. The summed E-state index contributed by atoms with van der Waals surface area (Å²) in [5.74, 6) is 0. The van der Waals surface area contributed by atoms with Crippen LogP contribution >= 0.6 is 35.0 Å². The number of nitrogens with one attached hydrogen (secondary N) is 1. The van der Waals surface area contributed by atoms with E-state index in [-0.39, 0.29) is 24.0 Å². The van der Waals surface area contributed by atoms with Crippen LogP contribution in [0.25, 0.3) is 0 Å². The van der Waals surface area contributed by atoms with Gasteiger partial charge >= 0.3 is 0 Å². The van der Waals surface area contributed by atoms with Crippen molar-refractivity contribution in [3.05, 3.63) is 28.2 Å². The summed E-state index contributed by atoms with van der Waals surface area (Å²) in [5.41, 5.74) is 1.13. The second-order valence-electron chi connectivity index (χ2n) is 3.25. The molecule has 6 heteroatoms. The van der Waals surface area contributed by atoms with Crippen molar-refractivity contribution in [3.63, 3.8) is 0 Å². The molecule has 0 amide bonds. The Morgan fingerprint density at radius 2 is 2.06 bits per heavy atom. The van der Waals surface area contributed by atoms with Gasteiger partial charge in [-0.05, 0) is 24.1 Å². The van der Waals surface area contributed by atoms with Crippen molar-refractivity contribution >= 4 is 45.8 Å². The van der Waals surface area contributed by atoms with Gasteiger partial charge in [-0.3, -0.25) is 0 Å². The fraction of sp³-hybridized carbons (Fsp3) is 0.300. The Morgan fingerprint density at radius 3 is 2.69 bits per heavy atom. The van der Waals surface area contributed by atoms with Gasteiger partial charge in [0.15, 0.2) is 0 Å². The molecule has 0 saturated heterocycles. The van der Waals surface area contributed by atoms with Crippen molar-refractivity contribution in [1.82, 2.24) is 0 Å². The number of hydrogen-bond donors (Lipinski definition) is 1. The normalized spacial score (nSPS) is 19.2. The van der Waals surface area contributed by atoms with E-state index in [1.807, 2.05) is 24.5 Å². The lowest BCUT2D eigenvalue weighted by Gasteiger charge is -2.12. The van der Waals surface area contributed by atoms with Crippen molar-refractivity contribution in [3.8, 4) is 0 Å². The lowest BCUT2D eigenvalue weighted by Crippen LogP contribution is -3.08. The molecular formula is C10H11Cl2IN2S. The van der Waals surface area contributed by atoms with Crippen LogP contribution in [0.5, 0.6) is 0 Å². The van der Waals surface area contributed by atoms with Crippen LogP contribution in [0.3, 0.4) is 0 Å². The van der Waals surface area contributed by atoms with Gasteiger partial charge in [0.25, 0.3) is 5.17 Å². The zero-order valence-electron chi connectivity index (χ0n) is 8.64. The molecule has 1 aromatic carbocycles. The number of hydrogen-bond acceptors (Lipinski definition) is 2. The summed E-state index contributed by atoms with van der Waals surface area (Å²) in [5, 5.41) is 2.32. The zero-order valence-corrected chi connectivity index (χ0v) is 13.1. The van der Waals surface area contributed by atoms with E-state index in [2.05, 4.69) is 4.99 Å². The molecule has 0 radical (unpaired) electrons. The van der Waals surface area contributed by atoms with Crippen LogP contribution < -0.4 is 28.9 Å². The number of aliphatic imine (C=N–C) groups is 1. The second kappa shape index (κ2) is 6.44. The average molecular weight is 389 g/mol. The third-order valence-electron chi connectivity index (χ3n) is 2.34. The second-order valence-corrected chi connectivity index (χ2v) is 4.86. The molecule has 2 rings (SSSR count). The predicted octanol–water partition coefficient (Wildman–Crippen LogP) is -0.754. The van der Waals surface area contributed by atoms with Gasteiger partial charge in [0.1, 0.15) is 12.2 Å². The van der Waals surface area contributed by atoms with Gasteiger partial charge in [-0.1, -0.05) is 23.2 Å². The van der Waals surface area contributed by atoms with E-state index in [0.29, 0.717) is 10.0 Å². The zero-order chi connectivity index (χ0) is 10.8. The molecule has 1 aliphatic rings. The monoisotopic (exact) mass is 388 g/mol. The fourth-order valence-corrected chi connectivity index (χ4v) is 2.60. The smallest absolute Gasteiger partial charge is 0.262 e. The molecule has 1 atom stereocenters. The summed E-state index contributed by atoms with van der Waals surface area (Å²) < 4.78 is 0. The summed E-state index contributed by atoms with van der Waals surface area (Å²) in [7, 11) is 0. The van der Waals surface area contributed by atoms with E-state index >= 15 is 0 Å². The van der Waals surface area contributed by atoms with Crippen LogP contribution in [0.4, 0.5) is 5.69 Å².